The maximum Gasteiger partial charge on any atom is 0.330 e. The van der Waals surface area contributed by atoms with Crippen molar-refractivity contribution < 1.29 is 18.4 Å². The Kier molecular flexibility index (Phi) is 6.41. The van der Waals surface area contributed by atoms with Crippen LogP contribution < -0.4 is 0 Å². The normalized spacial score (nSPS) is 38.7. The second-order valence-electron chi connectivity index (χ2n) is 8.07. The van der Waals surface area contributed by atoms with Crippen molar-refractivity contribution in [3.05, 3.63) is 24.0 Å². The summed E-state index contributed by atoms with van der Waals surface area (Å²) in [7, 11) is 3.63. The summed E-state index contributed by atoms with van der Waals surface area (Å²) in [6.45, 7) is 2.98. The molecule has 3 unspecified atom stereocenters. The van der Waals surface area contributed by atoms with Gasteiger partial charge in [0.25, 0.3) is 0 Å². The van der Waals surface area contributed by atoms with Gasteiger partial charge in [0.1, 0.15) is 18.0 Å². The number of hydrogen-bond donors (Lipinski definition) is 0. The molecule has 2 aliphatic heterocycles. The number of rotatable bonds is 4. The lowest BCUT2D eigenvalue weighted by atomic mass is 9.92. The van der Waals surface area contributed by atoms with Crippen LogP contribution in [0.1, 0.15) is 32.1 Å². The quantitative estimate of drug-likeness (QED) is 0.549. The molecule has 0 radical (unpaired) electrons. The third-order valence-corrected chi connectivity index (χ3v) is 6.71. The Morgan fingerprint density at radius 1 is 1.35 bits per heavy atom. The highest BCUT2D eigenvalue weighted by Crippen LogP contribution is 2.30. The molecule has 0 spiro atoms. The van der Waals surface area contributed by atoms with Crippen molar-refractivity contribution in [2.75, 3.05) is 40.3 Å². The van der Waals surface area contributed by atoms with E-state index in [2.05, 4.69) is 4.90 Å². The first-order chi connectivity index (χ1) is 12.4. The number of carbonyl (C=O) groups is 1. The molecule has 2 saturated heterocycles. The lowest BCUT2D eigenvalue weighted by molar-refractivity contribution is -0.840. The fourth-order valence-corrected chi connectivity index (χ4v) is 4.70. The second-order valence-corrected chi connectivity index (χ2v) is 8.69. The molecule has 146 valence electrons. The van der Waals surface area contributed by atoms with Gasteiger partial charge in [0.15, 0.2) is 0 Å². The zero-order valence-corrected chi connectivity index (χ0v) is 16.6. The Labute approximate surface area is 161 Å². The summed E-state index contributed by atoms with van der Waals surface area (Å²) in [4.78, 5) is 15.6. The van der Waals surface area contributed by atoms with Gasteiger partial charge in [-0.25, -0.2) is 9.18 Å². The third-order valence-electron chi connectivity index (χ3n) is 6.27. The molecule has 3 rings (SSSR count). The predicted octanol–water partition coefficient (Wildman–Crippen LogP) is 3.27. The third kappa shape index (κ3) is 4.15. The van der Waals surface area contributed by atoms with Crippen molar-refractivity contribution in [3.63, 3.8) is 0 Å². The van der Waals surface area contributed by atoms with Gasteiger partial charge in [0.05, 0.1) is 33.2 Å². The molecule has 3 atom stereocenters. The Hall–Kier alpha value is -0.910. The molecule has 4 nitrogen and oxygen atoms in total. The molecular weight excluding hydrogens is 355 g/mol. The summed E-state index contributed by atoms with van der Waals surface area (Å²) in [5, 5.41) is 0.187. The molecule has 0 aromatic carbocycles. The number of ether oxygens (including phenoxy) is 1. The summed E-state index contributed by atoms with van der Waals surface area (Å²) < 4.78 is 20.4. The summed E-state index contributed by atoms with van der Waals surface area (Å²) in [5.74, 6) is 0.607. The smallest absolute Gasteiger partial charge is 0.330 e. The van der Waals surface area contributed by atoms with Crippen molar-refractivity contribution in [1.29, 1.82) is 0 Å². The van der Waals surface area contributed by atoms with Crippen LogP contribution in [0.2, 0.25) is 0 Å². The zero-order chi connectivity index (χ0) is 18.7. The van der Waals surface area contributed by atoms with E-state index in [0.717, 1.165) is 51.7 Å². The maximum atomic E-state index is 14.5. The second kappa shape index (κ2) is 8.41. The minimum Gasteiger partial charge on any atom is -0.501 e. The fourth-order valence-electron chi connectivity index (χ4n) is 4.51. The van der Waals surface area contributed by atoms with Gasteiger partial charge < -0.3 is 4.74 Å². The topological polar surface area (TPSA) is 29.5 Å². The Morgan fingerprint density at radius 3 is 2.77 bits per heavy atom. The van der Waals surface area contributed by atoms with Crippen LogP contribution in [0, 0.1) is 5.92 Å². The molecular formula is C20H31ClFN2O2+. The summed E-state index contributed by atoms with van der Waals surface area (Å²) >= 11 is 6.24. The van der Waals surface area contributed by atoms with Gasteiger partial charge in [-0.05, 0) is 38.0 Å². The van der Waals surface area contributed by atoms with E-state index < -0.39 is 6.17 Å². The predicted molar refractivity (Wildman–Crippen MR) is 102 cm³/mol. The molecule has 26 heavy (non-hydrogen) atoms. The van der Waals surface area contributed by atoms with Crippen LogP contribution in [0.25, 0.3) is 0 Å². The molecule has 2 heterocycles. The number of carbonyl (C=O) groups excluding carboxylic acids is 1. The summed E-state index contributed by atoms with van der Waals surface area (Å²) in [5.41, 5.74) is 0. The molecule has 2 fully saturated rings. The summed E-state index contributed by atoms with van der Waals surface area (Å²) in [6, 6.07) is -0.128. The largest absolute Gasteiger partial charge is 0.501 e. The lowest BCUT2D eigenvalue weighted by Crippen LogP contribution is -2.62. The first-order valence-corrected chi connectivity index (χ1v) is 10.2. The van der Waals surface area contributed by atoms with Gasteiger partial charge in [-0.15, -0.1) is 11.6 Å². The number of likely N-dealkylation sites (N-methyl/N-ethyl adjacent to an activating group) is 1. The minimum absolute atomic E-state index is 0.128. The van der Waals surface area contributed by atoms with E-state index in [4.69, 9.17) is 16.3 Å². The van der Waals surface area contributed by atoms with E-state index in [9.17, 15) is 9.18 Å². The fraction of sp³-hybridized carbons (Fsp3) is 0.750. The van der Waals surface area contributed by atoms with Crippen molar-refractivity contribution in [3.8, 4) is 0 Å². The average Bonchev–Trinajstić information content (AvgIpc) is 2.65. The number of methoxy groups -OCH3 is 1. The van der Waals surface area contributed by atoms with Crippen molar-refractivity contribution in [2.45, 2.75) is 49.7 Å². The van der Waals surface area contributed by atoms with Gasteiger partial charge in [-0.3, -0.25) is 9.38 Å². The van der Waals surface area contributed by atoms with Gasteiger partial charge in [0, 0.05) is 24.8 Å². The first-order valence-electron chi connectivity index (χ1n) is 9.78. The number of nitrogens with zero attached hydrogens (tertiary/aromatic N) is 2. The molecule has 0 aromatic heterocycles. The summed E-state index contributed by atoms with van der Waals surface area (Å²) in [6.07, 6.45) is 8.80. The van der Waals surface area contributed by atoms with Gasteiger partial charge in [0.2, 0.25) is 0 Å². The molecule has 0 aromatic rings. The molecule has 0 bridgehead atoms. The van der Waals surface area contributed by atoms with Crippen molar-refractivity contribution >= 4 is 17.5 Å². The molecule has 0 saturated carbocycles. The molecule has 3 aliphatic rings. The highest BCUT2D eigenvalue weighted by atomic mass is 35.5. The van der Waals surface area contributed by atoms with Crippen LogP contribution >= 0.6 is 11.6 Å². The number of piperidine rings is 2. The Bertz CT molecular complexity index is 572. The van der Waals surface area contributed by atoms with E-state index in [1.54, 1.807) is 19.3 Å². The van der Waals surface area contributed by atoms with Gasteiger partial charge in [-0.1, -0.05) is 6.08 Å². The molecule has 6 heteroatoms. The highest BCUT2D eigenvalue weighted by Gasteiger charge is 2.44. The number of halogens is 2. The first kappa shape index (κ1) is 19.8. The SMILES string of the molecule is COC1=CC=CC(F)C1CN1CCCCC1C(=O)[N+]1(C)CCC(Cl)CC1. The van der Waals surface area contributed by atoms with Gasteiger partial charge >= 0.3 is 5.91 Å². The van der Waals surface area contributed by atoms with E-state index in [0.29, 0.717) is 16.8 Å². The van der Waals surface area contributed by atoms with Crippen LogP contribution in [0.4, 0.5) is 4.39 Å². The van der Waals surface area contributed by atoms with Crippen LogP contribution in [-0.2, 0) is 9.53 Å². The molecule has 1 amide bonds. The number of likely N-dealkylation sites (tertiary alicyclic amines) is 2. The van der Waals surface area contributed by atoms with E-state index in [1.807, 2.05) is 13.1 Å². The van der Waals surface area contributed by atoms with Crippen LogP contribution in [0.15, 0.2) is 24.0 Å². The number of amides is 1. The van der Waals surface area contributed by atoms with Crippen LogP contribution in [-0.4, -0.2) is 73.2 Å². The Morgan fingerprint density at radius 2 is 2.08 bits per heavy atom. The number of allylic oxidation sites excluding steroid dienone is 3. The molecule has 0 N–H and O–H groups in total. The zero-order valence-electron chi connectivity index (χ0n) is 15.9. The highest BCUT2D eigenvalue weighted by molar-refractivity contribution is 6.20. The van der Waals surface area contributed by atoms with E-state index >= 15 is 0 Å². The van der Waals surface area contributed by atoms with Crippen molar-refractivity contribution in [2.24, 2.45) is 5.92 Å². The average molecular weight is 386 g/mol. The van der Waals surface area contributed by atoms with E-state index in [-0.39, 0.29) is 23.2 Å². The van der Waals surface area contributed by atoms with E-state index in [1.165, 1.54) is 0 Å². The molecule has 1 aliphatic carbocycles. The number of hydrogen-bond acceptors (Lipinski definition) is 3. The number of alkyl halides is 2. The van der Waals surface area contributed by atoms with Gasteiger partial charge in [-0.2, -0.15) is 0 Å². The number of quaternary nitrogens is 1. The standard InChI is InChI=1S/C20H31ClFN2O2/c1-24(12-9-15(21)10-13-24)20(25)18-7-3-4-11-23(18)14-16-17(22)6-5-8-19(16)26-2/h5-6,8,15-18H,3-4,7,9-14H2,1-2H3/q+1. The van der Waals surface area contributed by atoms with Crippen LogP contribution in [0.3, 0.4) is 0 Å². The lowest BCUT2D eigenvalue weighted by Gasteiger charge is -2.43. The monoisotopic (exact) mass is 385 g/mol. The van der Waals surface area contributed by atoms with Crippen molar-refractivity contribution in [1.82, 2.24) is 4.90 Å². The minimum atomic E-state index is -1.07. The van der Waals surface area contributed by atoms with Crippen LogP contribution in [0.5, 0.6) is 0 Å². The maximum absolute atomic E-state index is 14.5. The Balaban J connectivity index is 1.72.